The van der Waals surface area contributed by atoms with Crippen LogP contribution in [0.4, 0.5) is 11.4 Å². The van der Waals surface area contributed by atoms with Gasteiger partial charge in [0.2, 0.25) is 15.9 Å². The van der Waals surface area contributed by atoms with Gasteiger partial charge >= 0.3 is 0 Å². The van der Waals surface area contributed by atoms with Crippen LogP contribution >= 0.6 is 0 Å². The van der Waals surface area contributed by atoms with Crippen molar-refractivity contribution in [2.45, 2.75) is 51.0 Å². The van der Waals surface area contributed by atoms with Gasteiger partial charge in [0.1, 0.15) is 0 Å². The van der Waals surface area contributed by atoms with Gasteiger partial charge in [-0.3, -0.25) is 4.79 Å². The van der Waals surface area contributed by atoms with Crippen molar-refractivity contribution in [1.29, 1.82) is 0 Å². The van der Waals surface area contributed by atoms with Crippen molar-refractivity contribution in [1.82, 2.24) is 4.31 Å². The van der Waals surface area contributed by atoms with E-state index in [-0.39, 0.29) is 17.4 Å². The number of aryl methyl sites for hydroxylation is 1. The summed E-state index contributed by atoms with van der Waals surface area (Å²) < 4.78 is 28.6. The van der Waals surface area contributed by atoms with Gasteiger partial charge in [0.15, 0.2) is 0 Å². The number of anilines is 2. The standard InChI is InChI=1S/C24H31N3O3S/c1-17-7-6-8-20(13-17)26-12-11-25(15-18(26)2)31(29,30)21-9-10-23-22(14-21)24(4,5)16-27(23)19(3)28/h6-10,13-14,18H,11-12,15-16H2,1-5H3. The summed E-state index contributed by atoms with van der Waals surface area (Å²) >= 11 is 0. The Hall–Kier alpha value is -2.38. The first-order valence-corrected chi connectivity index (χ1v) is 12.2. The van der Waals surface area contributed by atoms with E-state index in [1.165, 1.54) is 5.56 Å². The maximum atomic E-state index is 13.5. The molecule has 2 heterocycles. The molecule has 7 heteroatoms. The first kappa shape index (κ1) is 21.8. The SMILES string of the molecule is CC(=O)N1CC(C)(C)c2cc(S(=O)(=O)N3CCN(c4cccc(C)c4)C(C)C3)ccc21. The van der Waals surface area contributed by atoms with E-state index in [4.69, 9.17) is 0 Å². The number of fused-ring (bicyclic) bond motifs is 1. The Morgan fingerprint density at radius 2 is 1.84 bits per heavy atom. The zero-order chi connectivity index (χ0) is 22.6. The molecule has 1 unspecified atom stereocenters. The summed E-state index contributed by atoms with van der Waals surface area (Å²) in [5.74, 6) is -0.0245. The highest BCUT2D eigenvalue weighted by molar-refractivity contribution is 7.89. The summed E-state index contributed by atoms with van der Waals surface area (Å²) in [5.41, 5.74) is 3.77. The van der Waals surface area contributed by atoms with Crippen molar-refractivity contribution >= 4 is 27.3 Å². The minimum absolute atomic E-state index is 0.0245. The van der Waals surface area contributed by atoms with Crippen LogP contribution in [0.3, 0.4) is 0 Å². The summed E-state index contributed by atoms with van der Waals surface area (Å²) in [5, 5.41) is 0. The zero-order valence-electron chi connectivity index (χ0n) is 18.9. The molecular weight excluding hydrogens is 410 g/mol. The van der Waals surface area contributed by atoms with Gasteiger partial charge in [0, 0.05) is 55.9 Å². The quantitative estimate of drug-likeness (QED) is 0.731. The number of hydrogen-bond acceptors (Lipinski definition) is 4. The van der Waals surface area contributed by atoms with E-state index in [0.29, 0.717) is 31.1 Å². The van der Waals surface area contributed by atoms with Gasteiger partial charge in [0.05, 0.1) is 4.90 Å². The lowest BCUT2D eigenvalue weighted by molar-refractivity contribution is -0.116. The molecule has 2 aromatic rings. The number of rotatable bonds is 3. The molecule has 0 saturated carbocycles. The second kappa shape index (κ2) is 7.64. The van der Waals surface area contributed by atoms with E-state index in [1.807, 2.05) is 19.9 Å². The number of nitrogens with zero attached hydrogens (tertiary/aromatic N) is 3. The highest BCUT2D eigenvalue weighted by Crippen LogP contribution is 2.42. The lowest BCUT2D eigenvalue weighted by atomic mass is 9.87. The molecule has 0 bridgehead atoms. The van der Waals surface area contributed by atoms with E-state index in [1.54, 1.807) is 34.3 Å². The topological polar surface area (TPSA) is 60.9 Å². The summed E-state index contributed by atoms with van der Waals surface area (Å²) in [7, 11) is -3.61. The molecule has 4 rings (SSSR count). The Morgan fingerprint density at radius 3 is 2.48 bits per heavy atom. The normalized spacial score (nSPS) is 21.3. The number of carbonyl (C=O) groups excluding carboxylic acids is 1. The Labute approximate surface area is 185 Å². The molecule has 0 spiro atoms. The number of sulfonamides is 1. The van der Waals surface area contributed by atoms with Gasteiger partial charge < -0.3 is 9.80 Å². The first-order chi connectivity index (χ1) is 14.5. The molecule has 31 heavy (non-hydrogen) atoms. The molecule has 1 atom stereocenters. The molecule has 0 aromatic heterocycles. The highest BCUT2D eigenvalue weighted by Gasteiger charge is 2.39. The van der Waals surface area contributed by atoms with Gasteiger partial charge in [-0.25, -0.2) is 8.42 Å². The van der Waals surface area contributed by atoms with Crippen LogP contribution in [-0.2, 0) is 20.2 Å². The van der Waals surface area contributed by atoms with Gasteiger partial charge in [-0.1, -0.05) is 26.0 Å². The fourth-order valence-electron chi connectivity index (χ4n) is 4.78. The molecular formula is C24H31N3O3S. The van der Waals surface area contributed by atoms with Crippen LogP contribution in [0, 0.1) is 6.92 Å². The van der Waals surface area contributed by atoms with E-state index in [2.05, 4.69) is 36.9 Å². The van der Waals surface area contributed by atoms with Crippen molar-refractivity contribution in [3.63, 3.8) is 0 Å². The molecule has 6 nitrogen and oxygen atoms in total. The predicted octanol–water partition coefficient (Wildman–Crippen LogP) is 3.54. The lowest BCUT2D eigenvalue weighted by Crippen LogP contribution is -2.53. The van der Waals surface area contributed by atoms with Crippen molar-refractivity contribution in [2.75, 3.05) is 36.0 Å². The van der Waals surface area contributed by atoms with Crippen molar-refractivity contribution in [3.8, 4) is 0 Å². The third-order valence-corrected chi connectivity index (χ3v) is 8.34. The summed E-state index contributed by atoms with van der Waals surface area (Å²) in [4.78, 5) is 16.3. The second-order valence-electron chi connectivity index (χ2n) is 9.41. The largest absolute Gasteiger partial charge is 0.366 e. The fourth-order valence-corrected chi connectivity index (χ4v) is 6.32. The van der Waals surface area contributed by atoms with E-state index < -0.39 is 10.0 Å². The molecule has 1 saturated heterocycles. The van der Waals surface area contributed by atoms with E-state index >= 15 is 0 Å². The van der Waals surface area contributed by atoms with Gasteiger partial charge in [-0.15, -0.1) is 0 Å². The van der Waals surface area contributed by atoms with Crippen LogP contribution in [0.5, 0.6) is 0 Å². The van der Waals surface area contributed by atoms with Crippen LogP contribution < -0.4 is 9.80 Å². The van der Waals surface area contributed by atoms with E-state index in [9.17, 15) is 13.2 Å². The maximum Gasteiger partial charge on any atom is 0.243 e. The Balaban J connectivity index is 1.60. The molecule has 0 aliphatic carbocycles. The molecule has 0 radical (unpaired) electrons. The monoisotopic (exact) mass is 441 g/mol. The van der Waals surface area contributed by atoms with Crippen LogP contribution in [0.15, 0.2) is 47.4 Å². The van der Waals surface area contributed by atoms with E-state index in [0.717, 1.165) is 16.9 Å². The summed E-state index contributed by atoms with van der Waals surface area (Å²) in [6, 6.07) is 13.6. The number of hydrogen-bond donors (Lipinski definition) is 0. The predicted molar refractivity (Wildman–Crippen MR) is 124 cm³/mol. The van der Waals surface area contributed by atoms with Crippen molar-refractivity contribution < 1.29 is 13.2 Å². The average molecular weight is 442 g/mol. The van der Waals surface area contributed by atoms with Crippen molar-refractivity contribution in [3.05, 3.63) is 53.6 Å². The molecule has 2 aliphatic heterocycles. The molecule has 2 aromatic carbocycles. The minimum Gasteiger partial charge on any atom is -0.366 e. The van der Waals surface area contributed by atoms with Crippen LogP contribution in [0.2, 0.25) is 0 Å². The third-order valence-electron chi connectivity index (χ3n) is 6.48. The number of benzene rings is 2. The molecule has 1 amide bonds. The number of carbonyl (C=O) groups is 1. The maximum absolute atomic E-state index is 13.5. The first-order valence-electron chi connectivity index (χ1n) is 10.8. The Kier molecular flexibility index (Phi) is 5.38. The minimum atomic E-state index is -3.61. The Morgan fingerprint density at radius 1 is 1.10 bits per heavy atom. The molecule has 2 aliphatic rings. The highest BCUT2D eigenvalue weighted by atomic mass is 32.2. The smallest absolute Gasteiger partial charge is 0.243 e. The number of amides is 1. The van der Waals surface area contributed by atoms with Crippen molar-refractivity contribution in [2.24, 2.45) is 0 Å². The van der Waals surface area contributed by atoms with Crippen LogP contribution in [0.1, 0.15) is 38.8 Å². The molecule has 166 valence electrons. The molecule has 1 fully saturated rings. The number of piperazine rings is 1. The van der Waals surface area contributed by atoms with Gasteiger partial charge in [0.25, 0.3) is 0 Å². The second-order valence-corrected chi connectivity index (χ2v) is 11.4. The lowest BCUT2D eigenvalue weighted by Gasteiger charge is -2.40. The zero-order valence-corrected chi connectivity index (χ0v) is 19.7. The van der Waals surface area contributed by atoms with Gasteiger partial charge in [-0.05, 0) is 55.3 Å². The summed E-state index contributed by atoms with van der Waals surface area (Å²) in [6.07, 6.45) is 0. The van der Waals surface area contributed by atoms with Crippen LogP contribution in [0.25, 0.3) is 0 Å². The van der Waals surface area contributed by atoms with Crippen LogP contribution in [-0.4, -0.2) is 50.9 Å². The average Bonchev–Trinajstić information content (AvgIpc) is 2.98. The molecule has 0 N–H and O–H groups in total. The fraction of sp³-hybridized carbons (Fsp3) is 0.458. The Bertz CT molecular complexity index is 1130. The summed E-state index contributed by atoms with van der Waals surface area (Å²) in [6.45, 7) is 11.9. The third kappa shape index (κ3) is 3.85. The van der Waals surface area contributed by atoms with Gasteiger partial charge in [-0.2, -0.15) is 4.31 Å².